The quantitative estimate of drug-likeness (QED) is 0.333. The van der Waals surface area contributed by atoms with Crippen LogP contribution in [0.2, 0.25) is 0 Å². The highest BCUT2D eigenvalue weighted by Gasteiger charge is 2.33. The van der Waals surface area contributed by atoms with Crippen molar-refractivity contribution in [3.05, 3.63) is 29.6 Å². The Kier molecular flexibility index (Phi) is 8.43. The first-order chi connectivity index (χ1) is 14.2. The van der Waals surface area contributed by atoms with Gasteiger partial charge in [0.25, 0.3) is 0 Å². The van der Waals surface area contributed by atoms with Crippen LogP contribution in [0.5, 0.6) is 0 Å². The third-order valence-corrected chi connectivity index (χ3v) is 6.11. The van der Waals surface area contributed by atoms with Gasteiger partial charge >= 0.3 is 5.97 Å². The van der Waals surface area contributed by atoms with Crippen molar-refractivity contribution in [3.63, 3.8) is 0 Å². The summed E-state index contributed by atoms with van der Waals surface area (Å²) < 4.78 is 5.86. The van der Waals surface area contributed by atoms with Crippen molar-refractivity contribution in [2.75, 3.05) is 0 Å². The van der Waals surface area contributed by atoms with Crippen LogP contribution in [0.4, 0.5) is 0 Å². The van der Waals surface area contributed by atoms with Crippen LogP contribution < -0.4 is 10.8 Å². The van der Waals surface area contributed by atoms with Crippen molar-refractivity contribution in [2.45, 2.75) is 89.3 Å². The van der Waals surface area contributed by atoms with Gasteiger partial charge in [0.05, 0.1) is 0 Å². The summed E-state index contributed by atoms with van der Waals surface area (Å²) in [7, 11) is 0. The zero-order chi connectivity index (χ0) is 20.5. The summed E-state index contributed by atoms with van der Waals surface area (Å²) in [6.45, 7) is 0.561. The number of pyridine rings is 1. The molecule has 7 heteroatoms. The second-order valence-corrected chi connectivity index (χ2v) is 8.29. The molecular formula is C22H33N3O4. The van der Waals surface area contributed by atoms with Crippen molar-refractivity contribution < 1.29 is 19.5 Å². The smallest absolute Gasteiger partial charge is 0.323 e. The molecule has 2 saturated carbocycles. The molecule has 0 radical (unpaired) electrons. The topological polar surface area (TPSA) is 101 Å². The van der Waals surface area contributed by atoms with E-state index in [-0.39, 0.29) is 24.5 Å². The van der Waals surface area contributed by atoms with E-state index in [1.165, 1.54) is 19.3 Å². The number of hydrogen-bond acceptors (Lipinski definition) is 6. The van der Waals surface area contributed by atoms with Gasteiger partial charge in [-0.15, -0.1) is 0 Å². The zero-order valence-electron chi connectivity index (χ0n) is 17.1. The maximum atomic E-state index is 12.9. The zero-order valence-corrected chi connectivity index (χ0v) is 17.1. The van der Waals surface area contributed by atoms with E-state index in [1.54, 1.807) is 11.7 Å². The van der Waals surface area contributed by atoms with Crippen molar-refractivity contribution >= 4 is 11.9 Å². The van der Waals surface area contributed by atoms with Gasteiger partial charge in [-0.05, 0) is 62.5 Å². The summed E-state index contributed by atoms with van der Waals surface area (Å²) in [6, 6.07) is 3.59. The summed E-state index contributed by atoms with van der Waals surface area (Å²) in [5.41, 5.74) is 3.41. The van der Waals surface area contributed by atoms with Crippen molar-refractivity contribution in [1.82, 2.24) is 15.8 Å². The van der Waals surface area contributed by atoms with Gasteiger partial charge in [-0.25, -0.2) is 5.48 Å². The first-order valence-electron chi connectivity index (χ1n) is 11.0. The molecule has 0 unspecified atom stereocenters. The molecule has 160 valence electrons. The van der Waals surface area contributed by atoms with Gasteiger partial charge in [-0.2, -0.15) is 0 Å². The Labute approximate surface area is 172 Å². The molecule has 0 aliphatic heterocycles. The van der Waals surface area contributed by atoms with Crippen LogP contribution in [-0.2, 0) is 27.3 Å². The third kappa shape index (κ3) is 6.78. The fraction of sp³-hybridized carbons (Fsp3) is 0.682. The monoisotopic (exact) mass is 403 g/mol. The highest BCUT2D eigenvalue weighted by Crippen LogP contribution is 2.29. The maximum absolute atomic E-state index is 12.9. The summed E-state index contributed by atoms with van der Waals surface area (Å²) >= 11 is 0. The van der Waals surface area contributed by atoms with Crippen LogP contribution in [0.1, 0.15) is 75.5 Å². The van der Waals surface area contributed by atoms with E-state index >= 15 is 0 Å². The van der Waals surface area contributed by atoms with Gasteiger partial charge in [0, 0.05) is 24.9 Å². The van der Waals surface area contributed by atoms with E-state index < -0.39 is 5.91 Å². The van der Waals surface area contributed by atoms with Gasteiger partial charge in [0.15, 0.2) is 0 Å². The number of rotatable bonds is 9. The molecular weight excluding hydrogens is 370 g/mol. The number of aryl methyl sites for hydroxylation is 1. The van der Waals surface area contributed by atoms with E-state index in [0.717, 1.165) is 49.8 Å². The Morgan fingerprint density at radius 2 is 1.83 bits per heavy atom. The molecule has 2 fully saturated rings. The predicted octanol–water partition coefficient (Wildman–Crippen LogP) is 3.04. The van der Waals surface area contributed by atoms with E-state index in [4.69, 9.17) is 9.94 Å². The summed E-state index contributed by atoms with van der Waals surface area (Å²) in [6.07, 6.45) is 12.5. The second kappa shape index (κ2) is 11.3. The largest absolute Gasteiger partial charge is 0.461 e. The van der Waals surface area contributed by atoms with Crippen LogP contribution in [0, 0.1) is 5.92 Å². The number of ether oxygens (including phenoxy) is 1. The van der Waals surface area contributed by atoms with Crippen LogP contribution in [-0.4, -0.2) is 34.2 Å². The van der Waals surface area contributed by atoms with Gasteiger partial charge in [-0.1, -0.05) is 25.3 Å². The second-order valence-electron chi connectivity index (χ2n) is 8.29. The minimum absolute atomic E-state index is 0.0824. The Bertz CT molecular complexity index is 653. The minimum atomic E-state index is -0.423. The van der Waals surface area contributed by atoms with Crippen LogP contribution in [0.15, 0.2) is 18.3 Å². The summed E-state index contributed by atoms with van der Waals surface area (Å²) in [5, 5.41) is 12.0. The Hall–Kier alpha value is -1.99. The highest BCUT2D eigenvalue weighted by molar-refractivity contribution is 5.76. The van der Waals surface area contributed by atoms with E-state index in [1.807, 2.05) is 12.1 Å². The maximum Gasteiger partial charge on any atom is 0.323 e. The fourth-order valence-electron chi connectivity index (χ4n) is 4.39. The molecule has 29 heavy (non-hydrogen) atoms. The van der Waals surface area contributed by atoms with E-state index in [0.29, 0.717) is 18.9 Å². The molecule has 0 aromatic carbocycles. The number of esters is 1. The number of hydroxylamine groups is 1. The average molecular weight is 404 g/mol. The average Bonchev–Trinajstić information content (AvgIpc) is 3.28. The van der Waals surface area contributed by atoms with Crippen molar-refractivity contribution in [3.8, 4) is 0 Å². The molecule has 0 bridgehead atoms. The van der Waals surface area contributed by atoms with Gasteiger partial charge in [0.2, 0.25) is 5.91 Å². The Morgan fingerprint density at radius 3 is 2.48 bits per heavy atom. The molecule has 1 aromatic heterocycles. The number of carbonyl (C=O) groups is 2. The molecule has 1 aromatic rings. The molecule has 1 atom stereocenters. The molecule has 0 saturated heterocycles. The number of nitrogens with one attached hydrogen (secondary N) is 2. The Balaban J connectivity index is 1.53. The van der Waals surface area contributed by atoms with E-state index in [9.17, 15) is 9.59 Å². The SMILES string of the molecule is O=C(CCc1ccc(CN[C@H](C(=O)OC2CCCCC2)C2CCCC2)cn1)NO. The van der Waals surface area contributed by atoms with E-state index in [2.05, 4.69) is 10.3 Å². The normalized spacial score (nSPS) is 19.1. The predicted molar refractivity (Wildman–Crippen MR) is 108 cm³/mol. The molecule has 1 heterocycles. The first-order valence-corrected chi connectivity index (χ1v) is 11.0. The number of nitrogens with zero attached hydrogens (tertiary/aromatic N) is 1. The van der Waals surface area contributed by atoms with Crippen molar-refractivity contribution in [1.29, 1.82) is 0 Å². The molecule has 2 aliphatic rings. The summed E-state index contributed by atoms with van der Waals surface area (Å²) in [5.74, 6) is -0.174. The van der Waals surface area contributed by atoms with Crippen LogP contribution in [0.25, 0.3) is 0 Å². The van der Waals surface area contributed by atoms with Gasteiger partial charge < -0.3 is 10.1 Å². The molecule has 0 spiro atoms. The minimum Gasteiger partial charge on any atom is -0.461 e. The van der Waals surface area contributed by atoms with Gasteiger partial charge in [-0.3, -0.25) is 19.8 Å². The van der Waals surface area contributed by atoms with Crippen LogP contribution >= 0.6 is 0 Å². The molecule has 7 nitrogen and oxygen atoms in total. The lowest BCUT2D eigenvalue weighted by atomic mass is 9.96. The summed E-state index contributed by atoms with van der Waals surface area (Å²) in [4.78, 5) is 28.4. The highest BCUT2D eigenvalue weighted by atomic mass is 16.5. The first kappa shape index (κ1) is 21.7. The molecule has 3 rings (SSSR count). The number of aromatic nitrogens is 1. The number of carbonyl (C=O) groups excluding carboxylic acids is 2. The standard InChI is InChI=1S/C22H33N3O4/c26-20(25-28)13-12-18-11-10-16(14-23-18)15-24-21(17-6-4-5-7-17)22(27)29-19-8-2-1-3-9-19/h10-11,14,17,19,21,24,28H,1-9,12-13,15H2,(H,25,26)/t21-/m0/s1. The fourth-order valence-corrected chi connectivity index (χ4v) is 4.39. The van der Waals surface area contributed by atoms with Gasteiger partial charge in [0.1, 0.15) is 12.1 Å². The van der Waals surface area contributed by atoms with Crippen LogP contribution in [0.3, 0.4) is 0 Å². The lowest BCUT2D eigenvalue weighted by Crippen LogP contribution is -2.44. The lowest BCUT2D eigenvalue weighted by molar-refractivity contribution is -0.154. The molecule has 2 aliphatic carbocycles. The molecule has 3 N–H and O–H groups in total. The third-order valence-electron chi connectivity index (χ3n) is 6.11. The molecule has 1 amide bonds. The lowest BCUT2D eigenvalue weighted by Gasteiger charge is -2.28. The number of amides is 1. The Morgan fingerprint density at radius 1 is 1.10 bits per heavy atom. The number of hydrogen-bond donors (Lipinski definition) is 3. The van der Waals surface area contributed by atoms with Crippen molar-refractivity contribution in [2.24, 2.45) is 5.92 Å².